The van der Waals surface area contributed by atoms with Gasteiger partial charge in [0.25, 0.3) is 0 Å². The van der Waals surface area contributed by atoms with E-state index in [1.165, 1.54) is 18.5 Å². The van der Waals surface area contributed by atoms with Crippen molar-refractivity contribution < 1.29 is 8.78 Å². The Bertz CT molecular complexity index is 630. The number of anilines is 1. The summed E-state index contributed by atoms with van der Waals surface area (Å²) in [6, 6.07) is 2.50. The fourth-order valence-electron chi connectivity index (χ4n) is 1.92. The van der Waals surface area contributed by atoms with Crippen LogP contribution in [0.5, 0.6) is 0 Å². The van der Waals surface area contributed by atoms with Crippen molar-refractivity contribution in [1.29, 1.82) is 0 Å². The molecule has 1 aromatic heterocycles. The van der Waals surface area contributed by atoms with E-state index < -0.39 is 11.6 Å². The van der Waals surface area contributed by atoms with Gasteiger partial charge in [0.2, 0.25) is 0 Å². The first-order chi connectivity index (χ1) is 8.93. The molecule has 0 atom stereocenters. The van der Waals surface area contributed by atoms with Crippen molar-refractivity contribution in [3.63, 3.8) is 0 Å². The molecule has 2 rings (SSSR count). The Kier molecular flexibility index (Phi) is 3.80. The minimum atomic E-state index is -0.694. The van der Waals surface area contributed by atoms with E-state index >= 15 is 0 Å². The quantitative estimate of drug-likeness (QED) is 0.851. The maximum atomic E-state index is 14.1. The molecule has 0 aliphatic carbocycles. The predicted octanol–water partition coefficient (Wildman–Crippen LogP) is 3.89. The molecule has 0 saturated carbocycles. The lowest BCUT2D eigenvalue weighted by Crippen LogP contribution is -2.06. The van der Waals surface area contributed by atoms with E-state index in [0.717, 1.165) is 0 Å². The Hall–Kier alpha value is -1.56. The summed E-state index contributed by atoms with van der Waals surface area (Å²) in [5.41, 5.74) is 6.34. The van der Waals surface area contributed by atoms with Gasteiger partial charge in [-0.25, -0.2) is 18.7 Å². The number of nitrogens with zero attached hydrogens (tertiary/aromatic N) is 2. The van der Waals surface area contributed by atoms with Gasteiger partial charge in [0, 0.05) is 5.56 Å². The number of halogens is 3. The molecule has 0 fully saturated rings. The highest BCUT2D eigenvalue weighted by Gasteiger charge is 2.22. The molecule has 100 valence electrons. The lowest BCUT2D eigenvalue weighted by atomic mass is 9.97. The number of hydrogen-bond acceptors (Lipinski definition) is 3. The Balaban J connectivity index is 2.80. The van der Waals surface area contributed by atoms with Crippen molar-refractivity contribution in [3.05, 3.63) is 40.1 Å². The van der Waals surface area contributed by atoms with Crippen LogP contribution in [0.2, 0.25) is 0 Å². The van der Waals surface area contributed by atoms with E-state index in [2.05, 4.69) is 25.9 Å². The van der Waals surface area contributed by atoms with E-state index in [4.69, 9.17) is 5.73 Å². The molecule has 0 amide bonds. The third-order valence-electron chi connectivity index (χ3n) is 2.77. The van der Waals surface area contributed by atoms with Gasteiger partial charge in [-0.3, -0.25) is 0 Å². The molecule has 1 aromatic carbocycles. The van der Waals surface area contributed by atoms with Crippen LogP contribution >= 0.6 is 15.9 Å². The minimum absolute atomic E-state index is 0.0472. The van der Waals surface area contributed by atoms with Crippen molar-refractivity contribution >= 4 is 21.7 Å². The van der Waals surface area contributed by atoms with Crippen LogP contribution in [0.15, 0.2) is 22.9 Å². The molecular formula is C13H12BrF2N3. The molecule has 0 aliphatic rings. The summed E-state index contributed by atoms with van der Waals surface area (Å²) in [5.74, 6) is -1.19. The standard InChI is InChI=1S/C13H12BrF2N3/c1-6(2)9-12(18-5-19-13(9)17)10-8(15)4-3-7(14)11(10)16/h3-6H,1-2H3,(H2,17,18,19). The van der Waals surface area contributed by atoms with E-state index in [0.29, 0.717) is 5.56 Å². The Morgan fingerprint density at radius 3 is 2.53 bits per heavy atom. The van der Waals surface area contributed by atoms with Crippen molar-refractivity contribution in [1.82, 2.24) is 9.97 Å². The van der Waals surface area contributed by atoms with Gasteiger partial charge in [0.05, 0.1) is 15.7 Å². The highest BCUT2D eigenvalue weighted by atomic mass is 79.9. The van der Waals surface area contributed by atoms with E-state index in [9.17, 15) is 8.78 Å². The van der Waals surface area contributed by atoms with Crippen molar-refractivity contribution in [2.75, 3.05) is 5.73 Å². The lowest BCUT2D eigenvalue weighted by molar-refractivity contribution is 0.583. The Morgan fingerprint density at radius 2 is 1.89 bits per heavy atom. The summed E-state index contributed by atoms with van der Waals surface area (Å²) in [6.07, 6.45) is 1.20. The van der Waals surface area contributed by atoms with E-state index in [1.54, 1.807) is 0 Å². The molecule has 0 radical (unpaired) electrons. The molecule has 0 saturated heterocycles. The number of nitrogens with two attached hydrogens (primary N) is 1. The van der Waals surface area contributed by atoms with Gasteiger partial charge in [0.1, 0.15) is 23.8 Å². The van der Waals surface area contributed by atoms with Gasteiger partial charge in [0.15, 0.2) is 0 Å². The number of aromatic nitrogens is 2. The molecule has 0 aliphatic heterocycles. The second-order valence-electron chi connectivity index (χ2n) is 4.39. The molecule has 3 nitrogen and oxygen atoms in total. The first kappa shape index (κ1) is 13.9. The summed E-state index contributed by atoms with van der Waals surface area (Å²) < 4.78 is 28.2. The highest BCUT2D eigenvalue weighted by molar-refractivity contribution is 9.10. The first-order valence-corrected chi connectivity index (χ1v) is 6.47. The molecule has 2 N–H and O–H groups in total. The van der Waals surface area contributed by atoms with Crippen LogP contribution in [-0.4, -0.2) is 9.97 Å². The van der Waals surface area contributed by atoms with Gasteiger partial charge in [-0.05, 0) is 34.0 Å². The van der Waals surface area contributed by atoms with Crippen LogP contribution in [-0.2, 0) is 0 Å². The van der Waals surface area contributed by atoms with E-state index in [1.807, 2.05) is 13.8 Å². The predicted molar refractivity (Wildman–Crippen MR) is 73.6 cm³/mol. The molecule has 0 spiro atoms. The summed E-state index contributed by atoms with van der Waals surface area (Å²) in [5, 5.41) is 0. The van der Waals surface area contributed by atoms with Crippen LogP contribution in [0.1, 0.15) is 25.3 Å². The van der Waals surface area contributed by atoms with Gasteiger partial charge in [-0.15, -0.1) is 0 Å². The van der Waals surface area contributed by atoms with Crippen LogP contribution in [0, 0.1) is 11.6 Å². The highest BCUT2D eigenvalue weighted by Crippen LogP contribution is 2.35. The van der Waals surface area contributed by atoms with Gasteiger partial charge in [-0.1, -0.05) is 13.8 Å². The summed E-state index contributed by atoms with van der Waals surface area (Å²) in [4.78, 5) is 7.88. The fraction of sp³-hybridized carbons (Fsp3) is 0.231. The Morgan fingerprint density at radius 1 is 1.21 bits per heavy atom. The van der Waals surface area contributed by atoms with Crippen molar-refractivity contribution in [3.8, 4) is 11.3 Å². The summed E-state index contributed by atoms with van der Waals surface area (Å²) in [6.45, 7) is 3.73. The maximum Gasteiger partial charge on any atom is 0.149 e. The van der Waals surface area contributed by atoms with Gasteiger partial charge >= 0.3 is 0 Å². The van der Waals surface area contributed by atoms with Crippen molar-refractivity contribution in [2.24, 2.45) is 0 Å². The maximum absolute atomic E-state index is 14.1. The van der Waals surface area contributed by atoms with E-state index in [-0.39, 0.29) is 27.5 Å². The zero-order chi connectivity index (χ0) is 14.2. The molecule has 0 unspecified atom stereocenters. The SMILES string of the molecule is CC(C)c1c(N)ncnc1-c1c(F)ccc(Br)c1F. The monoisotopic (exact) mass is 327 g/mol. The molecule has 6 heteroatoms. The number of benzene rings is 1. The lowest BCUT2D eigenvalue weighted by Gasteiger charge is -2.15. The minimum Gasteiger partial charge on any atom is -0.383 e. The molecule has 1 heterocycles. The molecular weight excluding hydrogens is 316 g/mol. The number of rotatable bonds is 2. The molecule has 0 bridgehead atoms. The molecule has 2 aromatic rings. The largest absolute Gasteiger partial charge is 0.383 e. The second-order valence-corrected chi connectivity index (χ2v) is 5.25. The van der Waals surface area contributed by atoms with Crippen molar-refractivity contribution in [2.45, 2.75) is 19.8 Å². The summed E-state index contributed by atoms with van der Waals surface area (Å²) in [7, 11) is 0. The normalized spacial score (nSPS) is 11.1. The van der Waals surface area contributed by atoms with Gasteiger partial charge < -0.3 is 5.73 Å². The van der Waals surface area contributed by atoms with Crippen LogP contribution in [0.4, 0.5) is 14.6 Å². The third-order valence-corrected chi connectivity index (χ3v) is 3.39. The third kappa shape index (κ3) is 2.45. The molecule has 19 heavy (non-hydrogen) atoms. The topological polar surface area (TPSA) is 51.8 Å². The number of hydrogen-bond donors (Lipinski definition) is 1. The van der Waals surface area contributed by atoms with Crippen LogP contribution < -0.4 is 5.73 Å². The van der Waals surface area contributed by atoms with Crippen LogP contribution in [0.3, 0.4) is 0 Å². The average Bonchev–Trinajstić information content (AvgIpc) is 2.34. The average molecular weight is 328 g/mol. The fourth-order valence-corrected chi connectivity index (χ4v) is 2.25. The number of nitrogen functional groups attached to an aromatic ring is 1. The smallest absolute Gasteiger partial charge is 0.149 e. The Labute approximate surface area is 118 Å². The van der Waals surface area contributed by atoms with Crippen LogP contribution in [0.25, 0.3) is 11.3 Å². The zero-order valence-electron chi connectivity index (χ0n) is 10.4. The summed E-state index contributed by atoms with van der Waals surface area (Å²) >= 11 is 3.04. The first-order valence-electron chi connectivity index (χ1n) is 5.67. The second kappa shape index (κ2) is 5.21. The van der Waals surface area contributed by atoms with Gasteiger partial charge in [-0.2, -0.15) is 0 Å². The zero-order valence-corrected chi connectivity index (χ0v) is 12.0.